The maximum absolute atomic E-state index is 15.1. The molecule has 0 radical (unpaired) electrons. The van der Waals surface area contributed by atoms with Gasteiger partial charge in [-0.3, -0.25) is 9.36 Å². The first kappa shape index (κ1) is 26.5. The molecule has 1 aliphatic carbocycles. The highest BCUT2D eigenvalue weighted by Gasteiger charge is 2.28. The molecule has 0 spiro atoms. The Morgan fingerprint density at radius 1 is 1.02 bits per heavy atom. The van der Waals surface area contributed by atoms with Gasteiger partial charge in [0, 0.05) is 77.3 Å². The van der Waals surface area contributed by atoms with Crippen molar-refractivity contribution in [3.8, 4) is 11.1 Å². The number of pyridine rings is 1. The summed E-state index contributed by atoms with van der Waals surface area (Å²) in [4.78, 5) is 34.1. The van der Waals surface area contributed by atoms with Gasteiger partial charge in [0.15, 0.2) is 0 Å². The average molecular weight is 583 g/mol. The van der Waals surface area contributed by atoms with Crippen molar-refractivity contribution in [2.75, 3.05) is 36.4 Å². The quantitative estimate of drug-likeness (QED) is 0.273. The van der Waals surface area contributed by atoms with Crippen LogP contribution in [0.3, 0.4) is 0 Å². The largest absolute Gasteiger partial charge is 0.367 e. The third-order valence-electron chi connectivity index (χ3n) is 7.77. The minimum Gasteiger partial charge on any atom is -0.367 e. The highest BCUT2D eigenvalue weighted by Crippen LogP contribution is 2.40. The monoisotopic (exact) mass is 582 g/mol. The highest BCUT2D eigenvalue weighted by atomic mass is 35.5. The van der Waals surface area contributed by atoms with E-state index in [9.17, 15) is 4.79 Å². The smallest absolute Gasteiger partial charge is 0.260 e. The van der Waals surface area contributed by atoms with E-state index in [1.54, 1.807) is 41.5 Å². The number of nitrogens with zero attached hydrogens (tertiary/aromatic N) is 6. The van der Waals surface area contributed by atoms with Crippen LogP contribution < -0.4 is 21.1 Å². The second-order valence-electron chi connectivity index (χ2n) is 10.6. The maximum Gasteiger partial charge on any atom is 0.260 e. The van der Waals surface area contributed by atoms with Crippen LogP contribution in [0.4, 0.5) is 21.7 Å². The van der Waals surface area contributed by atoms with Crippen LogP contribution in [0, 0.1) is 5.82 Å². The minimum absolute atomic E-state index is 0.239. The van der Waals surface area contributed by atoms with Gasteiger partial charge in [0.2, 0.25) is 5.95 Å². The molecule has 3 aromatic heterocycles. The number of anilines is 3. The zero-order valence-electron chi connectivity index (χ0n) is 22.7. The Kier molecular flexibility index (Phi) is 7.01. The van der Waals surface area contributed by atoms with Gasteiger partial charge in [0.05, 0.1) is 17.9 Å². The Bertz CT molecular complexity index is 1850. The number of piperazine rings is 1. The van der Waals surface area contributed by atoms with Crippen LogP contribution in [0.15, 0.2) is 72.0 Å². The summed E-state index contributed by atoms with van der Waals surface area (Å²) in [6, 6.07) is 14.1. The summed E-state index contributed by atoms with van der Waals surface area (Å²) in [7, 11) is 0. The molecule has 9 nitrogen and oxygen atoms in total. The molecule has 11 heteroatoms. The van der Waals surface area contributed by atoms with E-state index in [0.717, 1.165) is 50.3 Å². The Morgan fingerprint density at radius 2 is 1.86 bits per heavy atom. The summed E-state index contributed by atoms with van der Waals surface area (Å²) in [6.07, 6.45) is 7.12. The van der Waals surface area contributed by atoms with Crippen molar-refractivity contribution in [2.45, 2.75) is 25.3 Å². The Morgan fingerprint density at radius 3 is 2.64 bits per heavy atom. The molecule has 0 bridgehead atoms. The number of hydrogen-bond acceptors (Lipinski definition) is 8. The van der Waals surface area contributed by atoms with Crippen LogP contribution >= 0.6 is 11.6 Å². The van der Waals surface area contributed by atoms with E-state index in [1.807, 2.05) is 29.2 Å². The van der Waals surface area contributed by atoms with E-state index in [2.05, 4.69) is 25.6 Å². The van der Waals surface area contributed by atoms with E-state index >= 15 is 4.39 Å². The number of halogens is 2. The molecule has 2 fully saturated rings. The molecular weight excluding hydrogens is 555 g/mol. The summed E-state index contributed by atoms with van der Waals surface area (Å²) in [6.45, 7) is 3.38. The Balaban J connectivity index is 1.30. The van der Waals surface area contributed by atoms with Gasteiger partial charge in [-0.25, -0.2) is 19.3 Å². The van der Waals surface area contributed by atoms with Crippen molar-refractivity contribution in [3.05, 3.63) is 99.7 Å². The normalized spacial score (nSPS) is 15.2. The third-order valence-corrected chi connectivity index (χ3v) is 8.10. The van der Waals surface area contributed by atoms with Crippen molar-refractivity contribution >= 4 is 40.0 Å². The van der Waals surface area contributed by atoms with Gasteiger partial charge in [-0.2, -0.15) is 4.98 Å². The second kappa shape index (κ2) is 11.1. The Labute approximate surface area is 246 Å². The van der Waals surface area contributed by atoms with Crippen molar-refractivity contribution in [1.29, 1.82) is 0 Å². The first-order chi connectivity index (χ1) is 20.5. The zero-order valence-corrected chi connectivity index (χ0v) is 23.5. The number of hydrogen-bond donors (Lipinski definition) is 2. The molecule has 1 aliphatic heterocycles. The zero-order chi connectivity index (χ0) is 28.6. The SMILES string of the molecule is O=c1c(-c2ccccc2Cl)cc2cnc(Nc3ccc(N4CCNCC4)c(F)c3)nc2n1Cc1cncnc1C1CC1. The molecule has 2 aliphatic rings. The third kappa shape index (κ3) is 5.19. The molecule has 2 N–H and O–H groups in total. The maximum atomic E-state index is 15.1. The molecule has 0 atom stereocenters. The van der Waals surface area contributed by atoms with E-state index in [0.29, 0.717) is 44.5 Å². The van der Waals surface area contributed by atoms with Crippen LogP contribution in [-0.4, -0.2) is 50.7 Å². The number of fused-ring (bicyclic) bond motifs is 1. The van der Waals surface area contributed by atoms with Crippen molar-refractivity contribution in [3.63, 3.8) is 0 Å². The van der Waals surface area contributed by atoms with Crippen LogP contribution in [-0.2, 0) is 6.54 Å². The summed E-state index contributed by atoms with van der Waals surface area (Å²) < 4.78 is 16.7. The summed E-state index contributed by atoms with van der Waals surface area (Å²) in [5, 5.41) is 7.55. The molecule has 1 saturated carbocycles. The van der Waals surface area contributed by atoms with Gasteiger partial charge < -0.3 is 15.5 Å². The summed E-state index contributed by atoms with van der Waals surface area (Å²) in [5.74, 6) is 0.311. The minimum atomic E-state index is -0.319. The lowest BCUT2D eigenvalue weighted by atomic mass is 10.1. The van der Waals surface area contributed by atoms with Crippen LogP contribution in [0.2, 0.25) is 5.02 Å². The summed E-state index contributed by atoms with van der Waals surface area (Å²) >= 11 is 6.51. The summed E-state index contributed by atoms with van der Waals surface area (Å²) in [5.41, 5.74) is 4.20. The van der Waals surface area contributed by atoms with Gasteiger partial charge in [-0.1, -0.05) is 29.8 Å². The second-order valence-corrected chi connectivity index (χ2v) is 11.0. The van der Waals surface area contributed by atoms with Crippen molar-refractivity contribution in [1.82, 2.24) is 29.8 Å². The number of nitrogens with one attached hydrogen (secondary N) is 2. The van der Waals surface area contributed by atoms with Crippen LogP contribution in [0.5, 0.6) is 0 Å². The van der Waals surface area contributed by atoms with Gasteiger partial charge in [-0.05, 0) is 43.2 Å². The fraction of sp³-hybridized carbons (Fsp3) is 0.258. The highest BCUT2D eigenvalue weighted by molar-refractivity contribution is 6.33. The van der Waals surface area contributed by atoms with E-state index in [1.165, 1.54) is 6.07 Å². The lowest BCUT2D eigenvalue weighted by Crippen LogP contribution is -2.43. The van der Waals surface area contributed by atoms with Crippen molar-refractivity contribution in [2.24, 2.45) is 0 Å². The molecule has 4 heterocycles. The Hall–Kier alpha value is -4.41. The molecule has 5 aromatic rings. The molecule has 1 saturated heterocycles. The lowest BCUT2D eigenvalue weighted by Gasteiger charge is -2.29. The standard InChI is InChI=1S/C31H28ClFN8O/c32-25-4-2-1-3-23(25)24-13-20-16-36-31(38-22-7-8-27(26(33)14-22)40-11-9-34-10-12-40)39-29(20)41(30(24)42)17-21-15-35-18-37-28(21)19-5-6-19/h1-4,7-8,13-16,18-19,34H,5-6,9-12,17H2,(H,36,38,39). The first-order valence-corrected chi connectivity index (χ1v) is 14.4. The van der Waals surface area contributed by atoms with Gasteiger partial charge in [0.1, 0.15) is 17.8 Å². The van der Waals surface area contributed by atoms with Crippen LogP contribution in [0.1, 0.15) is 30.0 Å². The predicted molar refractivity (Wildman–Crippen MR) is 162 cm³/mol. The van der Waals surface area contributed by atoms with Crippen LogP contribution in [0.25, 0.3) is 22.2 Å². The molecule has 0 unspecified atom stereocenters. The van der Waals surface area contributed by atoms with Gasteiger partial charge in [0.25, 0.3) is 5.56 Å². The lowest BCUT2D eigenvalue weighted by molar-refractivity contribution is 0.566. The molecular formula is C31H28ClFN8O. The first-order valence-electron chi connectivity index (χ1n) is 14.0. The van der Waals surface area contributed by atoms with Gasteiger partial charge >= 0.3 is 0 Å². The molecule has 212 valence electrons. The number of rotatable bonds is 7. The molecule has 2 aromatic carbocycles. The fourth-order valence-corrected chi connectivity index (χ4v) is 5.74. The average Bonchev–Trinajstić information content (AvgIpc) is 3.86. The number of aromatic nitrogens is 5. The van der Waals surface area contributed by atoms with E-state index in [-0.39, 0.29) is 23.9 Å². The number of benzene rings is 2. The molecule has 0 amide bonds. The van der Waals surface area contributed by atoms with E-state index in [4.69, 9.17) is 16.6 Å². The fourth-order valence-electron chi connectivity index (χ4n) is 5.50. The molecule has 42 heavy (non-hydrogen) atoms. The topological polar surface area (TPSA) is 101 Å². The van der Waals surface area contributed by atoms with Crippen molar-refractivity contribution < 1.29 is 4.39 Å². The van der Waals surface area contributed by atoms with Gasteiger partial charge in [-0.15, -0.1) is 0 Å². The molecule has 7 rings (SSSR count). The van der Waals surface area contributed by atoms with E-state index < -0.39 is 0 Å². The predicted octanol–water partition coefficient (Wildman–Crippen LogP) is 5.12.